The molecule has 1 fully saturated rings. The summed E-state index contributed by atoms with van der Waals surface area (Å²) >= 11 is 1.19. The van der Waals surface area contributed by atoms with Gasteiger partial charge >= 0.3 is 0 Å². The summed E-state index contributed by atoms with van der Waals surface area (Å²) < 4.78 is 27.8. The standard InChI is InChI=1S/C8H13N3O3S2/c9-7-10-11-8(15-7)14-5-6-1-3-16(12,13)4-2-6/h6H,1-5H2,(H2,9,10). The highest BCUT2D eigenvalue weighted by Gasteiger charge is 2.24. The minimum absolute atomic E-state index is 0.263. The van der Waals surface area contributed by atoms with Crippen molar-refractivity contribution >= 4 is 26.3 Å². The summed E-state index contributed by atoms with van der Waals surface area (Å²) in [7, 11) is -2.80. The lowest BCUT2D eigenvalue weighted by Gasteiger charge is -2.20. The van der Waals surface area contributed by atoms with Gasteiger partial charge < -0.3 is 10.5 Å². The number of anilines is 1. The molecular formula is C8H13N3O3S2. The minimum Gasteiger partial charge on any atom is -0.469 e. The molecule has 8 heteroatoms. The first kappa shape index (κ1) is 11.6. The van der Waals surface area contributed by atoms with Gasteiger partial charge in [-0.25, -0.2) is 8.42 Å². The Hall–Kier alpha value is -0.890. The predicted octanol–water partition coefficient (Wildman–Crippen LogP) is 0.324. The molecule has 90 valence electrons. The van der Waals surface area contributed by atoms with Gasteiger partial charge in [0.1, 0.15) is 9.84 Å². The predicted molar refractivity (Wildman–Crippen MR) is 61.2 cm³/mol. The molecule has 0 bridgehead atoms. The third-order valence-electron chi connectivity index (χ3n) is 2.54. The van der Waals surface area contributed by atoms with E-state index in [4.69, 9.17) is 10.5 Å². The van der Waals surface area contributed by atoms with Crippen molar-refractivity contribution in [3.05, 3.63) is 0 Å². The normalized spacial score (nSPS) is 20.8. The molecule has 2 heterocycles. The second-order valence-electron chi connectivity index (χ2n) is 3.81. The van der Waals surface area contributed by atoms with E-state index in [1.54, 1.807) is 0 Å². The zero-order valence-corrected chi connectivity index (χ0v) is 10.3. The van der Waals surface area contributed by atoms with Crippen LogP contribution in [0.25, 0.3) is 0 Å². The molecule has 1 aliphatic rings. The van der Waals surface area contributed by atoms with Crippen molar-refractivity contribution < 1.29 is 13.2 Å². The van der Waals surface area contributed by atoms with Crippen molar-refractivity contribution in [3.8, 4) is 5.19 Å². The van der Waals surface area contributed by atoms with Gasteiger partial charge in [-0.05, 0) is 30.1 Å². The van der Waals surface area contributed by atoms with Crippen LogP contribution in [-0.2, 0) is 9.84 Å². The molecule has 0 aliphatic carbocycles. The summed E-state index contributed by atoms with van der Waals surface area (Å²) in [5, 5.41) is 8.19. The van der Waals surface area contributed by atoms with Gasteiger partial charge in [0.05, 0.1) is 18.1 Å². The Morgan fingerprint density at radius 2 is 2.06 bits per heavy atom. The van der Waals surface area contributed by atoms with Crippen LogP contribution in [0.4, 0.5) is 5.13 Å². The van der Waals surface area contributed by atoms with Crippen LogP contribution in [0.2, 0.25) is 0 Å². The fraction of sp³-hybridized carbons (Fsp3) is 0.750. The molecule has 0 unspecified atom stereocenters. The molecule has 1 aromatic heterocycles. The summed E-state index contributed by atoms with van der Waals surface area (Å²) in [6.45, 7) is 0.490. The quantitative estimate of drug-likeness (QED) is 0.844. The number of hydrogen-bond donors (Lipinski definition) is 1. The molecule has 0 amide bonds. The van der Waals surface area contributed by atoms with Crippen LogP contribution in [0.15, 0.2) is 0 Å². The lowest BCUT2D eigenvalue weighted by molar-refractivity contribution is 0.235. The lowest BCUT2D eigenvalue weighted by atomic mass is 10.0. The molecule has 1 aromatic rings. The van der Waals surface area contributed by atoms with Gasteiger partial charge in [-0.3, -0.25) is 0 Å². The highest BCUT2D eigenvalue weighted by molar-refractivity contribution is 7.91. The third kappa shape index (κ3) is 3.05. The van der Waals surface area contributed by atoms with Crippen molar-refractivity contribution in [2.75, 3.05) is 23.8 Å². The SMILES string of the molecule is Nc1nnc(OCC2CCS(=O)(=O)CC2)s1. The van der Waals surface area contributed by atoms with Gasteiger partial charge in [-0.2, -0.15) is 0 Å². The number of hydrogen-bond acceptors (Lipinski definition) is 7. The van der Waals surface area contributed by atoms with Crippen LogP contribution in [0, 0.1) is 5.92 Å². The molecule has 2 N–H and O–H groups in total. The van der Waals surface area contributed by atoms with Gasteiger partial charge in [0.2, 0.25) is 5.13 Å². The Balaban J connectivity index is 1.80. The van der Waals surface area contributed by atoms with Crippen molar-refractivity contribution in [1.29, 1.82) is 0 Å². The van der Waals surface area contributed by atoms with Gasteiger partial charge in [0.15, 0.2) is 0 Å². The van der Waals surface area contributed by atoms with E-state index in [2.05, 4.69) is 10.2 Å². The Morgan fingerprint density at radius 3 is 2.62 bits per heavy atom. The maximum Gasteiger partial charge on any atom is 0.295 e. The molecule has 0 atom stereocenters. The van der Waals surface area contributed by atoms with E-state index in [9.17, 15) is 8.42 Å². The molecule has 0 spiro atoms. The maximum atomic E-state index is 11.2. The first-order chi connectivity index (χ1) is 7.55. The molecule has 1 aliphatic heterocycles. The molecule has 16 heavy (non-hydrogen) atoms. The Kier molecular flexibility index (Phi) is 3.29. The third-order valence-corrected chi connectivity index (χ3v) is 4.92. The van der Waals surface area contributed by atoms with Gasteiger partial charge in [-0.1, -0.05) is 5.10 Å². The highest BCUT2D eigenvalue weighted by atomic mass is 32.2. The largest absolute Gasteiger partial charge is 0.469 e. The van der Waals surface area contributed by atoms with E-state index in [0.717, 1.165) is 0 Å². The van der Waals surface area contributed by atoms with Crippen LogP contribution in [0.1, 0.15) is 12.8 Å². The van der Waals surface area contributed by atoms with E-state index in [1.165, 1.54) is 11.3 Å². The van der Waals surface area contributed by atoms with Gasteiger partial charge in [0.25, 0.3) is 5.19 Å². The van der Waals surface area contributed by atoms with E-state index < -0.39 is 9.84 Å². The number of ether oxygens (including phenoxy) is 1. The van der Waals surface area contributed by atoms with E-state index >= 15 is 0 Å². The topological polar surface area (TPSA) is 95.2 Å². The summed E-state index contributed by atoms with van der Waals surface area (Å²) in [6.07, 6.45) is 1.33. The van der Waals surface area contributed by atoms with Crippen molar-refractivity contribution in [1.82, 2.24) is 10.2 Å². The van der Waals surface area contributed by atoms with E-state index in [-0.39, 0.29) is 17.4 Å². The second-order valence-corrected chi connectivity index (χ2v) is 7.09. The van der Waals surface area contributed by atoms with Gasteiger partial charge in [-0.15, -0.1) is 5.10 Å². The summed E-state index contributed by atoms with van der Waals surface area (Å²) in [5.74, 6) is 0.812. The Labute approximate surface area is 97.7 Å². The van der Waals surface area contributed by atoms with Crippen molar-refractivity contribution in [2.45, 2.75) is 12.8 Å². The number of sulfone groups is 1. The smallest absolute Gasteiger partial charge is 0.295 e. The molecule has 0 saturated carbocycles. The van der Waals surface area contributed by atoms with E-state index in [0.29, 0.717) is 29.8 Å². The summed E-state index contributed by atoms with van der Waals surface area (Å²) in [4.78, 5) is 0. The van der Waals surface area contributed by atoms with Crippen molar-refractivity contribution in [2.24, 2.45) is 5.92 Å². The first-order valence-electron chi connectivity index (χ1n) is 4.97. The average molecular weight is 263 g/mol. The first-order valence-corrected chi connectivity index (χ1v) is 7.61. The van der Waals surface area contributed by atoms with Crippen LogP contribution in [0.3, 0.4) is 0 Å². The van der Waals surface area contributed by atoms with Crippen LogP contribution in [-0.4, -0.2) is 36.7 Å². The Morgan fingerprint density at radius 1 is 1.38 bits per heavy atom. The van der Waals surface area contributed by atoms with Crippen LogP contribution < -0.4 is 10.5 Å². The molecule has 1 saturated heterocycles. The fourth-order valence-electron chi connectivity index (χ4n) is 1.57. The molecule has 2 rings (SSSR count). The zero-order chi connectivity index (χ0) is 11.6. The minimum atomic E-state index is -2.80. The van der Waals surface area contributed by atoms with E-state index in [1.807, 2.05) is 0 Å². The number of aromatic nitrogens is 2. The fourth-order valence-corrected chi connectivity index (χ4v) is 3.63. The van der Waals surface area contributed by atoms with Gasteiger partial charge in [0, 0.05) is 0 Å². The monoisotopic (exact) mass is 263 g/mol. The second kappa shape index (κ2) is 4.54. The molecular weight excluding hydrogens is 250 g/mol. The lowest BCUT2D eigenvalue weighted by Crippen LogP contribution is -2.26. The molecule has 6 nitrogen and oxygen atoms in total. The van der Waals surface area contributed by atoms with Crippen LogP contribution >= 0.6 is 11.3 Å². The van der Waals surface area contributed by atoms with Crippen molar-refractivity contribution in [3.63, 3.8) is 0 Å². The average Bonchev–Trinajstić information content (AvgIpc) is 2.63. The summed E-state index contributed by atoms with van der Waals surface area (Å²) in [5.41, 5.74) is 5.41. The Bertz CT molecular complexity index is 443. The number of rotatable bonds is 3. The molecule has 0 aromatic carbocycles. The zero-order valence-electron chi connectivity index (χ0n) is 8.63. The number of nitrogens with two attached hydrogens (primary N) is 1. The summed E-state index contributed by atoms with van der Waals surface area (Å²) in [6, 6.07) is 0. The molecule has 0 radical (unpaired) electrons. The maximum absolute atomic E-state index is 11.2. The number of nitrogen functional groups attached to an aromatic ring is 1. The highest BCUT2D eigenvalue weighted by Crippen LogP contribution is 2.23. The van der Waals surface area contributed by atoms with Crippen LogP contribution in [0.5, 0.6) is 5.19 Å². The number of nitrogens with zero attached hydrogens (tertiary/aromatic N) is 2.